The predicted molar refractivity (Wildman–Crippen MR) is 166 cm³/mol. The number of alkyl carbamates (subject to hydrolysis) is 1. The van der Waals surface area contributed by atoms with Crippen molar-refractivity contribution in [2.24, 2.45) is 5.92 Å². The third-order valence-corrected chi connectivity index (χ3v) is 9.27. The maximum Gasteiger partial charge on any atom is 0.407 e. The van der Waals surface area contributed by atoms with E-state index in [0.717, 1.165) is 16.7 Å². The fraction of sp³-hybridized carbons (Fsp3) is 0.406. The van der Waals surface area contributed by atoms with Crippen molar-refractivity contribution in [3.63, 3.8) is 0 Å². The number of hydrogen-bond donors (Lipinski definition) is 2. The standard InChI is InChI=1S/C32H39ClN2O7S/c1-22(2)19-35(43(38,39)29-14-12-27(40-3)13-15-29)20-31(36)30(34-32(37)42-28-16-17-41-21-28)18-23-4-6-24(7-5-23)25-8-10-26(33)11-9-25/h4-15,22,28,30-31,36H,16-21H2,1-3H3,(H,34,37)/t28-,30-,31+/m0/s1. The van der Waals surface area contributed by atoms with Crippen LogP contribution >= 0.6 is 11.6 Å². The molecule has 9 nitrogen and oxygen atoms in total. The Balaban J connectivity index is 1.55. The Morgan fingerprint density at radius 2 is 1.65 bits per heavy atom. The number of rotatable bonds is 13. The van der Waals surface area contributed by atoms with Crippen LogP contribution in [0.15, 0.2) is 77.7 Å². The molecule has 1 heterocycles. The molecule has 43 heavy (non-hydrogen) atoms. The second-order valence-electron chi connectivity index (χ2n) is 11.0. The SMILES string of the molecule is COc1ccc(S(=O)(=O)N(CC(C)C)C[C@@H](O)[C@H](Cc2ccc(-c3ccc(Cl)cc3)cc2)NC(=O)O[C@H]2CCOC2)cc1. The van der Waals surface area contributed by atoms with E-state index < -0.39 is 28.3 Å². The van der Waals surface area contributed by atoms with Gasteiger partial charge in [0, 0.05) is 24.5 Å². The fourth-order valence-corrected chi connectivity index (χ4v) is 6.61. The number of aliphatic hydroxyl groups excluding tert-OH is 1. The van der Waals surface area contributed by atoms with Gasteiger partial charge < -0.3 is 24.6 Å². The summed E-state index contributed by atoms with van der Waals surface area (Å²) in [5.74, 6) is 0.520. The number of nitrogens with zero attached hydrogens (tertiary/aromatic N) is 1. The highest BCUT2D eigenvalue weighted by atomic mass is 35.5. The number of amides is 1. The first-order valence-corrected chi connectivity index (χ1v) is 16.1. The Kier molecular flexibility index (Phi) is 11.5. The normalized spacial score (nSPS) is 16.7. The van der Waals surface area contributed by atoms with Crippen LogP contribution in [0, 0.1) is 5.92 Å². The van der Waals surface area contributed by atoms with E-state index in [2.05, 4.69) is 5.32 Å². The summed E-state index contributed by atoms with van der Waals surface area (Å²) in [4.78, 5) is 12.9. The molecule has 0 spiro atoms. The summed E-state index contributed by atoms with van der Waals surface area (Å²) in [5.41, 5.74) is 2.83. The zero-order valence-electron chi connectivity index (χ0n) is 24.6. The van der Waals surface area contributed by atoms with E-state index in [1.807, 2.05) is 62.4 Å². The summed E-state index contributed by atoms with van der Waals surface area (Å²) in [6, 6.07) is 20.5. The fourth-order valence-electron chi connectivity index (χ4n) is 4.87. The smallest absolute Gasteiger partial charge is 0.407 e. The summed E-state index contributed by atoms with van der Waals surface area (Å²) < 4.78 is 44.6. The summed E-state index contributed by atoms with van der Waals surface area (Å²) in [7, 11) is -2.45. The maximum atomic E-state index is 13.7. The minimum absolute atomic E-state index is 0.0145. The molecule has 0 radical (unpaired) electrons. The number of methoxy groups -OCH3 is 1. The summed E-state index contributed by atoms with van der Waals surface area (Å²) in [6.07, 6.45) is -1.46. The van der Waals surface area contributed by atoms with Gasteiger partial charge in [0.25, 0.3) is 0 Å². The van der Waals surface area contributed by atoms with E-state index in [1.165, 1.54) is 23.5 Å². The van der Waals surface area contributed by atoms with Gasteiger partial charge >= 0.3 is 6.09 Å². The van der Waals surface area contributed by atoms with Gasteiger partial charge in [0.15, 0.2) is 0 Å². The monoisotopic (exact) mass is 630 g/mol. The highest BCUT2D eigenvalue weighted by Crippen LogP contribution is 2.24. The molecule has 2 N–H and O–H groups in total. The number of nitrogens with one attached hydrogen (secondary N) is 1. The van der Waals surface area contributed by atoms with E-state index in [0.29, 0.717) is 30.4 Å². The number of aliphatic hydroxyl groups is 1. The average Bonchev–Trinajstić information content (AvgIpc) is 3.50. The summed E-state index contributed by atoms with van der Waals surface area (Å²) in [5, 5.41) is 14.9. The lowest BCUT2D eigenvalue weighted by Gasteiger charge is -2.30. The maximum absolute atomic E-state index is 13.7. The molecule has 0 aliphatic carbocycles. The van der Waals surface area contributed by atoms with Crippen LogP contribution in [0.25, 0.3) is 11.1 Å². The predicted octanol–water partition coefficient (Wildman–Crippen LogP) is 5.15. The van der Waals surface area contributed by atoms with Gasteiger partial charge in [-0.1, -0.05) is 61.8 Å². The first-order valence-electron chi connectivity index (χ1n) is 14.3. The van der Waals surface area contributed by atoms with Crippen LogP contribution < -0.4 is 10.1 Å². The molecular formula is C32H39ClN2O7S. The molecule has 4 rings (SSSR count). The molecule has 0 aromatic heterocycles. The zero-order valence-corrected chi connectivity index (χ0v) is 26.2. The van der Waals surface area contributed by atoms with Crippen LogP contribution in [0.2, 0.25) is 5.02 Å². The largest absolute Gasteiger partial charge is 0.497 e. The quantitative estimate of drug-likeness (QED) is 0.268. The molecule has 0 saturated carbocycles. The second-order valence-corrected chi connectivity index (χ2v) is 13.4. The first-order chi connectivity index (χ1) is 20.5. The highest BCUT2D eigenvalue weighted by Gasteiger charge is 2.32. The van der Waals surface area contributed by atoms with Crippen LogP contribution in [0.4, 0.5) is 4.79 Å². The lowest BCUT2D eigenvalue weighted by Crippen LogP contribution is -2.51. The second kappa shape index (κ2) is 15.0. The zero-order chi connectivity index (χ0) is 31.0. The molecule has 0 bridgehead atoms. The Morgan fingerprint density at radius 1 is 1.02 bits per heavy atom. The lowest BCUT2D eigenvalue weighted by atomic mass is 9.98. The van der Waals surface area contributed by atoms with Gasteiger partial charge in [0.2, 0.25) is 10.0 Å². The molecule has 1 aliphatic rings. The van der Waals surface area contributed by atoms with Crippen LogP contribution in [0.3, 0.4) is 0 Å². The lowest BCUT2D eigenvalue weighted by molar-refractivity contribution is 0.0644. The van der Waals surface area contributed by atoms with E-state index in [4.69, 9.17) is 25.8 Å². The molecular weight excluding hydrogens is 592 g/mol. The number of benzene rings is 3. The molecule has 3 atom stereocenters. The van der Waals surface area contributed by atoms with Gasteiger partial charge in [-0.2, -0.15) is 4.31 Å². The van der Waals surface area contributed by atoms with Crippen molar-refractivity contribution in [3.05, 3.63) is 83.4 Å². The minimum atomic E-state index is -3.96. The molecule has 1 aliphatic heterocycles. The van der Waals surface area contributed by atoms with E-state index in [9.17, 15) is 18.3 Å². The Labute approximate surface area is 258 Å². The van der Waals surface area contributed by atoms with Crippen LogP contribution in [0.5, 0.6) is 5.75 Å². The van der Waals surface area contributed by atoms with Crippen molar-refractivity contribution in [2.75, 3.05) is 33.4 Å². The molecule has 0 unspecified atom stereocenters. The Hall–Kier alpha value is -3.15. The third-order valence-electron chi connectivity index (χ3n) is 7.17. The van der Waals surface area contributed by atoms with Crippen LogP contribution in [0.1, 0.15) is 25.8 Å². The van der Waals surface area contributed by atoms with Gasteiger partial charge in [-0.15, -0.1) is 0 Å². The van der Waals surface area contributed by atoms with Gasteiger partial charge in [-0.05, 0) is 65.4 Å². The van der Waals surface area contributed by atoms with Crippen molar-refractivity contribution >= 4 is 27.7 Å². The Bertz CT molecular complexity index is 1430. The molecule has 3 aromatic carbocycles. The van der Waals surface area contributed by atoms with Gasteiger partial charge in [0.1, 0.15) is 11.9 Å². The third kappa shape index (κ3) is 9.17. The first kappa shape index (κ1) is 32.8. The number of halogens is 1. The van der Waals surface area contributed by atoms with Crippen molar-refractivity contribution < 1.29 is 32.5 Å². The van der Waals surface area contributed by atoms with E-state index >= 15 is 0 Å². The molecule has 11 heteroatoms. The van der Waals surface area contributed by atoms with Gasteiger partial charge in [-0.3, -0.25) is 0 Å². The Morgan fingerprint density at radius 3 is 2.21 bits per heavy atom. The highest BCUT2D eigenvalue weighted by molar-refractivity contribution is 7.89. The number of hydrogen-bond acceptors (Lipinski definition) is 7. The van der Waals surface area contributed by atoms with E-state index in [1.54, 1.807) is 12.1 Å². The molecule has 1 saturated heterocycles. The topological polar surface area (TPSA) is 114 Å². The van der Waals surface area contributed by atoms with Gasteiger partial charge in [-0.25, -0.2) is 13.2 Å². The van der Waals surface area contributed by atoms with Crippen molar-refractivity contribution in [1.82, 2.24) is 9.62 Å². The summed E-state index contributed by atoms with van der Waals surface area (Å²) in [6.45, 7) is 4.58. The van der Waals surface area contributed by atoms with Crippen LogP contribution in [-0.4, -0.2) is 75.6 Å². The number of carbonyl (C=O) groups excluding carboxylic acids is 1. The van der Waals surface area contributed by atoms with Crippen molar-refractivity contribution in [2.45, 2.75) is 49.8 Å². The van der Waals surface area contributed by atoms with Gasteiger partial charge in [0.05, 0.1) is 37.4 Å². The molecule has 3 aromatic rings. The summed E-state index contributed by atoms with van der Waals surface area (Å²) >= 11 is 6.02. The molecule has 1 fully saturated rings. The van der Waals surface area contributed by atoms with Crippen molar-refractivity contribution in [3.8, 4) is 16.9 Å². The van der Waals surface area contributed by atoms with E-state index in [-0.39, 0.29) is 36.4 Å². The molecule has 1 amide bonds. The average molecular weight is 631 g/mol. The number of sulfonamides is 1. The minimum Gasteiger partial charge on any atom is -0.497 e. The van der Waals surface area contributed by atoms with Crippen molar-refractivity contribution in [1.29, 1.82) is 0 Å². The van der Waals surface area contributed by atoms with Crippen LogP contribution in [-0.2, 0) is 25.9 Å². The molecule has 232 valence electrons. The number of ether oxygens (including phenoxy) is 3. The number of carbonyl (C=O) groups is 1.